The summed E-state index contributed by atoms with van der Waals surface area (Å²) in [6.45, 7) is -0.519. The lowest BCUT2D eigenvalue weighted by atomic mass is 10.1. The van der Waals surface area contributed by atoms with Gasteiger partial charge >= 0.3 is 6.18 Å². The van der Waals surface area contributed by atoms with E-state index in [9.17, 15) is 18.3 Å². The highest BCUT2D eigenvalue weighted by atomic mass is 19.4. The Morgan fingerprint density at radius 1 is 1.39 bits per heavy atom. The topological polar surface area (TPSA) is 52.5 Å². The van der Waals surface area contributed by atoms with Crippen LogP contribution in [0.15, 0.2) is 18.2 Å². The van der Waals surface area contributed by atoms with Crippen LogP contribution in [0.4, 0.5) is 13.2 Å². The predicted molar refractivity (Wildman–Crippen MR) is 59.2 cm³/mol. The summed E-state index contributed by atoms with van der Waals surface area (Å²) in [6, 6.07) is 4.64. The van der Waals surface area contributed by atoms with Gasteiger partial charge in [-0.15, -0.1) is 0 Å². The van der Waals surface area contributed by atoms with Crippen LogP contribution < -0.4 is 5.32 Å². The largest absolute Gasteiger partial charge is 0.508 e. The molecule has 1 aromatic rings. The van der Waals surface area contributed by atoms with Crippen molar-refractivity contribution in [2.45, 2.75) is 31.2 Å². The average Bonchev–Trinajstić information content (AvgIpc) is 2.66. The van der Waals surface area contributed by atoms with E-state index in [4.69, 9.17) is 5.11 Å². The quantitative estimate of drug-likeness (QED) is 0.779. The Balaban J connectivity index is 1.98. The molecule has 6 heteroatoms. The Morgan fingerprint density at radius 2 is 2.11 bits per heavy atom. The molecular formula is C12H14F3NO2. The maximum absolute atomic E-state index is 12.1. The molecule has 0 bridgehead atoms. The number of rotatable bonds is 3. The highest BCUT2D eigenvalue weighted by Gasteiger charge is 2.38. The number of alkyl halides is 3. The van der Waals surface area contributed by atoms with Crippen LogP contribution in [-0.2, 0) is 6.42 Å². The van der Waals surface area contributed by atoms with Crippen LogP contribution in [0.5, 0.6) is 5.75 Å². The second-order valence-corrected chi connectivity index (χ2v) is 4.44. The molecule has 2 atom stereocenters. The minimum atomic E-state index is -4.59. The summed E-state index contributed by atoms with van der Waals surface area (Å²) in [5, 5.41) is 20.9. The first-order chi connectivity index (χ1) is 8.38. The zero-order chi connectivity index (χ0) is 13.3. The van der Waals surface area contributed by atoms with Gasteiger partial charge in [-0.3, -0.25) is 0 Å². The summed E-state index contributed by atoms with van der Waals surface area (Å²) in [7, 11) is 0. The summed E-state index contributed by atoms with van der Waals surface area (Å²) >= 11 is 0. The molecule has 18 heavy (non-hydrogen) atoms. The van der Waals surface area contributed by atoms with Gasteiger partial charge in [-0.05, 0) is 36.1 Å². The minimum absolute atomic E-state index is 0.157. The van der Waals surface area contributed by atoms with Crippen molar-refractivity contribution in [2.24, 2.45) is 0 Å². The van der Waals surface area contributed by atoms with Gasteiger partial charge in [0.05, 0.1) is 0 Å². The van der Waals surface area contributed by atoms with E-state index in [0.717, 1.165) is 11.1 Å². The SMILES string of the molecule is Oc1ccc2c(c1)CCC2NCC(O)C(F)(F)F. The van der Waals surface area contributed by atoms with Gasteiger partial charge in [0, 0.05) is 12.6 Å². The zero-order valence-electron chi connectivity index (χ0n) is 9.54. The lowest BCUT2D eigenvalue weighted by Gasteiger charge is -2.19. The van der Waals surface area contributed by atoms with Gasteiger partial charge in [0.2, 0.25) is 0 Å². The third kappa shape index (κ3) is 2.76. The summed E-state index contributed by atoms with van der Waals surface area (Å²) in [6.07, 6.45) is -5.56. The van der Waals surface area contributed by atoms with Crippen LogP contribution in [0.1, 0.15) is 23.6 Å². The molecule has 3 nitrogen and oxygen atoms in total. The molecule has 2 rings (SSSR count). The number of fused-ring (bicyclic) bond motifs is 1. The number of halogens is 3. The smallest absolute Gasteiger partial charge is 0.415 e. The number of aliphatic hydroxyl groups excluding tert-OH is 1. The van der Waals surface area contributed by atoms with Gasteiger partial charge in [0.1, 0.15) is 5.75 Å². The first-order valence-corrected chi connectivity index (χ1v) is 5.68. The van der Waals surface area contributed by atoms with Crippen molar-refractivity contribution in [3.63, 3.8) is 0 Å². The van der Waals surface area contributed by atoms with E-state index in [0.29, 0.717) is 12.8 Å². The lowest BCUT2D eigenvalue weighted by Crippen LogP contribution is -2.39. The number of aliphatic hydroxyl groups is 1. The maximum Gasteiger partial charge on any atom is 0.415 e. The molecule has 0 aromatic heterocycles. The fraction of sp³-hybridized carbons (Fsp3) is 0.500. The molecule has 0 heterocycles. The van der Waals surface area contributed by atoms with Crippen LogP contribution in [0.25, 0.3) is 0 Å². The number of phenols is 1. The van der Waals surface area contributed by atoms with Gasteiger partial charge in [0.15, 0.2) is 6.10 Å². The van der Waals surface area contributed by atoms with Crippen LogP contribution >= 0.6 is 0 Å². The fourth-order valence-corrected chi connectivity index (χ4v) is 2.19. The molecule has 0 radical (unpaired) electrons. The molecule has 0 saturated carbocycles. The molecular weight excluding hydrogens is 247 g/mol. The van der Waals surface area contributed by atoms with Crippen molar-refractivity contribution in [3.05, 3.63) is 29.3 Å². The highest BCUT2D eigenvalue weighted by molar-refractivity contribution is 5.40. The fourth-order valence-electron chi connectivity index (χ4n) is 2.19. The number of nitrogens with one attached hydrogen (secondary N) is 1. The van der Waals surface area contributed by atoms with E-state index in [-0.39, 0.29) is 11.8 Å². The van der Waals surface area contributed by atoms with Crippen molar-refractivity contribution >= 4 is 0 Å². The van der Waals surface area contributed by atoms with E-state index in [1.807, 2.05) is 0 Å². The monoisotopic (exact) mass is 261 g/mol. The molecule has 100 valence electrons. The number of benzene rings is 1. The summed E-state index contributed by atoms with van der Waals surface area (Å²) in [4.78, 5) is 0. The second-order valence-electron chi connectivity index (χ2n) is 4.44. The van der Waals surface area contributed by atoms with Gasteiger partial charge in [-0.1, -0.05) is 6.07 Å². The Bertz CT molecular complexity index is 434. The number of phenolic OH excluding ortho intramolecular Hbond substituents is 1. The van der Waals surface area contributed by atoms with E-state index < -0.39 is 18.8 Å². The standard InChI is InChI=1S/C12H14F3NO2/c13-12(14,15)11(18)6-16-10-4-1-7-5-8(17)2-3-9(7)10/h2-3,5,10-11,16-18H,1,4,6H2. The molecule has 0 spiro atoms. The van der Waals surface area contributed by atoms with Gasteiger partial charge in [-0.2, -0.15) is 13.2 Å². The van der Waals surface area contributed by atoms with Gasteiger partial charge in [-0.25, -0.2) is 0 Å². The Kier molecular flexibility index (Phi) is 3.49. The third-order valence-electron chi connectivity index (χ3n) is 3.14. The van der Waals surface area contributed by atoms with Crippen molar-refractivity contribution in [3.8, 4) is 5.75 Å². The van der Waals surface area contributed by atoms with Crippen LogP contribution in [-0.4, -0.2) is 29.0 Å². The molecule has 2 unspecified atom stereocenters. The average molecular weight is 261 g/mol. The van der Waals surface area contributed by atoms with Crippen molar-refractivity contribution in [1.82, 2.24) is 5.32 Å². The Morgan fingerprint density at radius 3 is 2.78 bits per heavy atom. The molecule has 0 amide bonds. The summed E-state index contributed by atoms with van der Waals surface area (Å²) < 4.78 is 36.4. The normalized spacial score (nSPS) is 20.8. The van der Waals surface area contributed by atoms with E-state index in [1.54, 1.807) is 12.1 Å². The highest BCUT2D eigenvalue weighted by Crippen LogP contribution is 2.33. The van der Waals surface area contributed by atoms with Crippen LogP contribution in [0.2, 0.25) is 0 Å². The third-order valence-corrected chi connectivity index (χ3v) is 3.14. The maximum atomic E-state index is 12.1. The molecule has 0 aliphatic heterocycles. The van der Waals surface area contributed by atoms with E-state index >= 15 is 0 Å². The summed E-state index contributed by atoms with van der Waals surface area (Å²) in [5.74, 6) is 0.157. The minimum Gasteiger partial charge on any atom is -0.508 e. The van der Waals surface area contributed by atoms with Crippen LogP contribution in [0.3, 0.4) is 0 Å². The Hall–Kier alpha value is -1.27. The van der Waals surface area contributed by atoms with Gasteiger partial charge < -0.3 is 15.5 Å². The van der Waals surface area contributed by atoms with Crippen molar-refractivity contribution in [1.29, 1.82) is 0 Å². The van der Waals surface area contributed by atoms with E-state index in [2.05, 4.69) is 5.32 Å². The van der Waals surface area contributed by atoms with Crippen molar-refractivity contribution in [2.75, 3.05) is 6.54 Å². The number of hydrogen-bond acceptors (Lipinski definition) is 3. The van der Waals surface area contributed by atoms with E-state index in [1.165, 1.54) is 6.07 Å². The second kappa shape index (κ2) is 4.78. The zero-order valence-corrected chi connectivity index (χ0v) is 9.54. The van der Waals surface area contributed by atoms with Gasteiger partial charge in [0.25, 0.3) is 0 Å². The number of aromatic hydroxyl groups is 1. The molecule has 1 aromatic carbocycles. The first kappa shape index (κ1) is 13.2. The number of hydrogen-bond donors (Lipinski definition) is 3. The van der Waals surface area contributed by atoms with Crippen molar-refractivity contribution < 1.29 is 23.4 Å². The molecule has 1 aliphatic carbocycles. The molecule has 1 aliphatic rings. The number of aryl methyl sites for hydroxylation is 1. The predicted octanol–water partition coefficient (Wildman–Crippen LogP) is 1.89. The molecule has 0 saturated heterocycles. The first-order valence-electron chi connectivity index (χ1n) is 5.68. The summed E-state index contributed by atoms with van der Waals surface area (Å²) in [5.41, 5.74) is 1.83. The Labute approximate surface area is 102 Å². The lowest BCUT2D eigenvalue weighted by molar-refractivity contribution is -0.202. The molecule has 0 fully saturated rings. The molecule has 3 N–H and O–H groups in total. The van der Waals surface area contributed by atoms with Crippen LogP contribution in [0, 0.1) is 0 Å².